The van der Waals surface area contributed by atoms with Gasteiger partial charge >= 0.3 is 5.97 Å². The molecule has 3 heterocycles. The average Bonchev–Trinajstić information content (AvgIpc) is 3.54. The molecule has 0 unspecified atom stereocenters. The number of carbonyl (C=O) groups excluding carboxylic acids is 2. The van der Waals surface area contributed by atoms with Crippen molar-refractivity contribution in [3.8, 4) is 22.5 Å². The molecule has 2 aromatic carbocycles. The van der Waals surface area contributed by atoms with Crippen molar-refractivity contribution in [3.05, 3.63) is 81.9 Å². The number of nitrogens with zero attached hydrogens (tertiary/aromatic N) is 3. The fourth-order valence-corrected chi connectivity index (χ4v) is 5.72. The highest BCUT2D eigenvalue weighted by Crippen LogP contribution is 2.38. The lowest BCUT2D eigenvalue weighted by Gasteiger charge is -2.31. The molecular formula is C30H31N3O4S. The summed E-state index contributed by atoms with van der Waals surface area (Å²) in [7, 11) is 0. The Balaban J connectivity index is 1.29. The van der Waals surface area contributed by atoms with Gasteiger partial charge in [0.25, 0.3) is 5.91 Å². The third kappa shape index (κ3) is 5.41. The summed E-state index contributed by atoms with van der Waals surface area (Å²) in [6.07, 6.45) is 1.61. The molecule has 0 N–H and O–H groups in total. The lowest BCUT2D eigenvalue weighted by atomic mass is 9.96. The summed E-state index contributed by atoms with van der Waals surface area (Å²) >= 11 is 1.64. The normalized spacial score (nSPS) is 14.5. The zero-order valence-electron chi connectivity index (χ0n) is 22.1. The van der Waals surface area contributed by atoms with Crippen LogP contribution in [0.25, 0.3) is 22.5 Å². The molecule has 0 saturated carbocycles. The second-order valence-electron chi connectivity index (χ2n) is 10.5. The maximum absolute atomic E-state index is 13.4. The minimum absolute atomic E-state index is 0.141. The lowest BCUT2D eigenvalue weighted by Crippen LogP contribution is -2.38. The van der Waals surface area contributed by atoms with Crippen molar-refractivity contribution in [2.45, 2.75) is 52.1 Å². The van der Waals surface area contributed by atoms with Crippen LogP contribution in [0.1, 0.15) is 71.0 Å². The number of hydrogen-bond donors (Lipinski definition) is 0. The summed E-state index contributed by atoms with van der Waals surface area (Å²) in [5.41, 5.74) is 3.63. The number of rotatable bonds is 5. The number of ether oxygens (including phenoxy) is 1. The Morgan fingerprint density at radius 3 is 2.34 bits per heavy atom. The maximum atomic E-state index is 13.4. The van der Waals surface area contributed by atoms with Crippen molar-refractivity contribution < 1.29 is 18.8 Å². The van der Waals surface area contributed by atoms with Crippen LogP contribution in [-0.4, -0.2) is 45.6 Å². The largest absolute Gasteiger partial charge is 0.456 e. The smallest absolute Gasteiger partial charge is 0.339 e. The fraction of sp³-hybridized carbons (Fsp3) is 0.333. The van der Waals surface area contributed by atoms with Crippen molar-refractivity contribution in [3.63, 3.8) is 0 Å². The summed E-state index contributed by atoms with van der Waals surface area (Å²) in [6.45, 7) is 8.56. The Labute approximate surface area is 226 Å². The predicted octanol–water partition coefficient (Wildman–Crippen LogP) is 6.75. The standard InChI is InChI=1S/C30H31N3O4S/c1-19-25(26(32-37-19)20-10-6-5-7-11-20)24-18-38-27(31-24)21-14-16-33(17-15-21)28(34)22-12-8-9-13-23(22)29(35)36-30(2,3)4/h5-13,18,21H,14-17H2,1-4H3. The molecule has 5 rings (SSSR count). The predicted molar refractivity (Wildman–Crippen MR) is 147 cm³/mol. The molecule has 1 aliphatic heterocycles. The molecule has 0 spiro atoms. The summed E-state index contributed by atoms with van der Waals surface area (Å²) in [6, 6.07) is 16.9. The Kier molecular flexibility index (Phi) is 7.17. The van der Waals surface area contributed by atoms with E-state index in [0.29, 0.717) is 24.2 Å². The Morgan fingerprint density at radius 2 is 1.66 bits per heavy atom. The summed E-state index contributed by atoms with van der Waals surface area (Å²) in [5, 5.41) is 7.42. The number of aromatic nitrogens is 2. The van der Waals surface area contributed by atoms with Crippen LogP contribution < -0.4 is 0 Å². The van der Waals surface area contributed by atoms with E-state index in [0.717, 1.165) is 46.1 Å². The molecule has 0 atom stereocenters. The summed E-state index contributed by atoms with van der Waals surface area (Å²) in [4.78, 5) is 32.9. The highest BCUT2D eigenvalue weighted by molar-refractivity contribution is 7.10. The summed E-state index contributed by atoms with van der Waals surface area (Å²) in [5.74, 6) is 0.381. The van der Waals surface area contributed by atoms with Crippen molar-refractivity contribution in [1.82, 2.24) is 15.0 Å². The van der Waals surface area contributed by atoms with E-state index in [4.69, 9.17) is 14.2 Å². The molecule has 0 aliphatic carbocycles. The number of benzene rings is 2. The lowest BCUT2D eigenvalue weighted by molar-refractivity contribution is 0.00664. The Bertz CT molecular complexity index is 1440. The second-order valence-corrected chi connectivity index (χ2v) is 11.4. The minimum atomic E-state index is -0.634. The second kappa shape index (κ2) is 10.5. The number of hydrogen-bond acceptors (Lipinski definition) is 7. The van der Waals surface area contributed by atoms with Crippen molar-refractivity contribution >= 4 is 23.2 Å². The van der Waals surface area contributed by atoms with Gasteiger partial charge in [0.1, 0.15) is 17.1 Å². The van der Waals surface area contributed by atoms with Crippen LogP contribution in [0.15, 0.2) is 64.5 Å². The maximum Gasteiger partial charge on any atom is 0.339 e. The number of piperidine rings is 1. The number of esters is 1. The van der Waals surface area contributed by atoms with Crippen molar-refractivity contribution in [1.29, 1.82) is 0 Å². The minimum Gasteiger partial charge on any atom is -0.456 e. The molecule has 38 heavy (non-hydrogen) atoms. The molecule has 0 bridgehead atoms. The van der Waals surface area contributed by atoms with E-state index in [2.05, 4.69) is 10.5 Å². The van der Waals surface area contributed by atoms with E-state index in [9.17, 15) is 9.59 Å². The molecule has 8 heteroatoms. The Morgan fingerprint density at radius 1 is 1.00 bits per heavy atom. The van der Waals surface area contributed by atoms with Crippen LogP contribution in [0.3, 0.4) is 0 Å². The van der Waals surface area contributed by atoms with Crippen molar-refractivity contribution in [2.75, 3.05) is 13.1 Å². The Hall–Kier alpha value is -3.78. The SMILES string of the molecule is Cc1onc(-c2ccccc2)c1-c1csc(C2CCN(C(=O)c3ccccc3C(=O)OC(C)(C)C)CC2)n1. The van der Waals surface area contributed by atoms with Gasteiger partial charge in [-0.3, -0.25) is 4.79 Å². The molecule has 0 radical (unpaired) electrons. The van der Waals surface area contributed by atoms with E-state index in [1.54, 1.807) is 35.6 Å². The van der Waals surface area contributed by atoms with E-state index in [-0.39, 0.29) is 11.8 Å². The van der Waals surface area contributed by atoms with Gasteiger partial charge in [-0.1, -0.05) is 47.6 Å². The summed E-state index contributed by atoms with van der Waals surface area (Å²) < 4.78 is 11.1. The first-order valence-corrected chi connectivity index (χ1v) is 13.7. The van der Waals surface area contributed by atoms with Crippen LogP contribution >= 0.6 is 11.3 Å². The number of aryl methyl sites for hydroxylation is 1. The van der Waals surface area contributed by atoms with Gasteiger partial charge in [0.05, 0.1) is 27.4 Å². The van der Waals surface area contributed by atoms with Crippen molar-refractivity contribution in [2.24, 2.45) is 0 Å². The van der Waals surface area contributed by atoms with Crippen LogP contribution in [0.5, 0.6) is 0 Å². The zero-order chi connectivity index (χ0) is 26.9. The molecule has 2 aromatic heterocycles. The van der Waals surface area contributed by atoms with Gasteiger partial charge in [-0.15, -0.1) is 11.3 Å². The van der Waals surface area contributed by atoms with Crippen LogP contribution in [-0.2, 0) is 4.74 Å². The molecule has 4 aromatic rings. The number of likely N-dealkylation sites (tertiary alicyclic amines) is 1. The highest BCUT2D eigenvalue weighted by atomic mass is 32.1. The van der Waals surface area contributed by atoms with Crippen LogP contribution in [0.4, 0.5) is 0 Å². The molecule has 1 amide bonds. The van der Waals surface area contributed by atoms with Crippen LogP contribution in [0.2, 0.25) is 0 Å². The quantitative estimate of drug-likeness (QED) is 0.266. The van der Waals surface area contributed by atoms with Gasteiger partial charge in [0.15, 0.2) is 0 Å². The molecule has 1 fully saturated rings. The first-order chi connectivity index (χ1) is 18.2. The molecule has 1 saturated heterocycles. The van der Waals surface area contributed by atoms with Gasteiger partial charge in [0, 0.05) is 30.0 Å². The monoisotopic (exact) mass is 529 g/mol. The first kappa shape index (κ1) is 25.9. The van der Waals surface area contributed by atoms with Gasteiger partial charge < -0.3 is 14.2 Å². The first-order valence-electron chi connectivity index (χ1n) is 12.8. The molecular weight excluding hydrogens is 498 g/mol. The van der Waals surface area contributed by atoms with E-state index in [1.807, 2.05) is 62.9 Å². The average molecular weight is 530 g/mol. The number of carbonyl (C=O) groups is 2. The number of amides is 1. The number of thiazole rings is 1. The van der Waals surface area contributed by atoms with Crippen LogP contribution in [0, 0.1) is 6.92 Å². The van der Waals surface area contributed by atoms with Gasteiger partial charge in [-0.05, 0) is 52.7 Å². The van der Waals surface area contributed by atoms with E-state index < -0.39 is 11.6 Å². The molecule has 7 nitrogen and oxygen atoms in total. The van der Waals surface area contributed by atoms with Gasteiger partial charge in [-0.2, -0.15) is 0 Å². The topological polar surface area (TPSA) is 85.5 Å². The molecule has 1 aliphatic rings. The fourth-order valence-electron chi connectivity index (χ4n) is 4.74. The highest BCUT2D eigenvalue weighted by Gasteiger charge is 2.30. The third-order valence-electron chi connectivity index (χ3n) is 6.60. The molecule has 196 valence electrons. The zero-order valence-corrected chi connectivity index (χ0v) is 22.9. The van der Waals surface area contributed by atoms with E-state index in [1.165, 1.54) is 0 Å². The third-order valence-corrected chi connectivity index (χ3v) is 7.60. The van der Waals surface area contributed by atoms with E-state index >= 15 is 0 Å². The van der Waals surface area contributed by atoms with Gasteiger partial charge in [0.2, 0.25) is 0 Å². The van der Waals surface area contributed by atoms with Gasteiger partial charge in [-0.25, -0.2) is 9.78 Å².